The van der Waals surface area contributed by atoms with Gasteiger partial charge in [-0.1, -0.05) is 30.3 Å². The number of aliphatic carboxylic acids is 1. The SMILES string of the molecule is COc1ccc(NC(=O)[C@H](Cc2ccccc2)Nc2cc(C)nc(NCCN3CCCC3)n2)cc1.O=C(O)C(F)(F)F. The Morgan fingerprint density at radius 3 is 2.29 bits per heavy atom. The average molecular weight is 589 g/mol. The van der Waals surface area contributed by atoms with Gasteiger partial charge in [-0.2, -0.15) is 18.2 Å². The number of anilines is 3. The molecular weight excluding hydrogens is 553 g/mol. The van der Waals surface area contributed by atoms with E-state index in [2.05, 4.69) is 30.8 Å². The van der Waals surface area contributed by atoms with Crippen LogP contribution in [0.15, 0.2) is 60.7 Å². The predicted molar refractivity (Wildman–Crippen MR) is 154 cm³/mol. The number of alkyl halides is 3. The van der Waals surface area contributed by atoms with E-state index in [0.29, 0.717) is 23.9 Å². The Morgan fingerprint density at radius 2 is 1.69 bits per heavy atom. The number of carboxylic acids is 1. The summed E-state index contributed by atoms with van der Waals surface area (Å²) < 4.78 is 36.9. The molecule has 0 radical (unpaired) electrons. The second-order valence-corrected chi connectivity index (χ2v) is 9.60. The molecule has 1 aliphatic heterocycles. The van der Waals surface area contributed by atoms with Gasteiger partial charge in [0.15, 0.2) is 0 Å². The molecule has 4 N–H and O–H groups in total. The lowest BCUT2D eigenvalue weighted by Crippen LogP contribution is -2.37. The summed E-state index contributed by atoms with van der Waals surface area (Å²) in [5.74, 6) is -0.970. The van der Waals surface area contributed by atoms with E-state index in [0.717, 1.165) is 43.2 Å². The number of halogens is 3. The zero-order chi connectivity index (χ0) is 30.5. The van der Waals surface area contributed by atoms with Crippen LogP contribution in [0.2, 0.25) is 0 Å². The Morgan fingerprint density at radius 1 is 1.05 bits per heavy atom. The van der Waals surface area contributed by atoms with Crippen molar-refractivity contribution in [1.29, 1.82) is 0 Å². The molecule has 1 aromatic heterocycles. The van der Waals surface area contributed by atoms with E-state index in [-0.39, 0.29) is 5.91 Å². The van der Waals surface area contributed by atoms with Crippen molar-refractivity contribution >= 4 is 29.3 Å². The van der Waals surface area contributed by atoms with Crippen molar-refractivity contribution in [3.05, 3.63) is 71.9 Å². The van der Waals surface area contributed by atoms with Crippen LogP contribution in [0.5, 0.6) is 5.75 Å². The summed E-state index contributed by atoms with van der Waals surface area (Å²) >= 11 is 0. The second-order valence-electron chi connectivity index (χ2n) is 9.60. The van der Waals surface area contributed by atoms with Gasteiger partial charge in [0.05, 0.1) is 7.11 Å². The lowest BCUT2D eigenvalue weighted by molar-refractivity contribution is -0.192. The Balaban J connectivity index is 0.000000616. The van der Waals surface area contributed by atoms with Crippen LogP contribution >= 0.6 is 0 Å². The number of hydrogen-bond acceptors (Lipinski definition) is 8. The first-order chi connectivity index (χ1) is 20.0. The summed E-state index contributed by atoms with van der Waals surface area (Å²) in [5.41, 5.74) is 2.60. The fourth-order valence-corrected chi connectivity index (χ4v) is 4.19. The maximum absolute atomic E-state index is 13.3. The maximum atomic E-state index is 13.3. The van der Waals surface area contributed by atoms with Gasteiger partial charge >= 0.3 is 12.1 Å². The van der Waals surface area contributed by atoms with Crippen molar-refractivity contribution in [3.63, 3.8) is 0 Å². The number of ether oxygens (including phenoxy) is 1. The molecule has 2 aromatic carbocycles. The smallest absolute Gasteiger partial charge is 0.490 e. The van der Waals surface area contributed by atoms with Gasteiger partial charge in [-0.15, -0.1) is 0 Å². The van der Waals surface area contributed by atoms with Crippen molar-refractivity contribution in [2.24, 2.45) is 0 Å². The van der Waals surface area contributed by atoms with Crippen molar-refractivity contribution in [2.75, 3.05) is 49.2 Å². The van der Waals surface area contributed by atoms with Crippen molar-refractivity contribution < 1.29 is 32.6 Å². The Labute approximate surface area is 242 Å². The minimum Gasteiger partial charge on any atom is -0.497 e. The highest BCUT2D eigenvalue weighted by atomic mass is 19.4. The number of amides is 1. The van der Waals surface area contributed by atoms with Crippen LogP contribution in [-0.4, -0.2) is 77.4 Å². The van der Waals surface area contributed by atoms with Crippen LogP contribution in [0, 0.1) is 6.92 Å². The van der Waals surface area contributed by atoms with Gasteiger partial charge in [0, 0.05) is 37.0 Å². The molecule has 2 heterocycles. The molecule has 226 valence electrons. The van der Waals surface area contributed by atoms with Gasteiger partial charge in [-0.25, -0.2) is 9.78 Å². The second kappa shape index (κ2) is 15.6. The number of likely N-dealkylation sites (tertiary alicyclic amines) is 1. The minimum absolute atomic E-state index is 0.140. The highest BCUT2D eigenvalue weighted by molar-refractivity contribution is 5.96. The summed E-state index contributed by atoms with van der Waals surface area (Å²) in [6, 6.07) is 18.6. The molecule has 0 bridgehead atoms. The zero-order valence-electron chi connectivity index (χ0n) is 23.4. The normalized spacial score (nSPS) is 13.8. The van der Waals surface area contributed by atoms with Crippen molar-refractivity contribution in [2.45, 2.75) is 38.4 Å². The van der Waals surface area contributed by atoms with Gasteiger partial charge in [-0.3, -0.25) is 4.79 Å². The van der Waals surface area contributed by atoms with Gasteiger partial charge < -0.3 is 30.7 Å². The molecule has 13 heteroatoms. The quantitative estimate of drug-likeness (QED) is 0.254. The van der Waals surface area contributed by atoms with E-state index >= 15 is 0 Å². The third-order valence-corrected chi connectivity index (χ3v) is 6.29. The number of benzene rings is 2. The summed E-state index contributed by atoms with van der Waals surface area (Å²) in [4.78, 5) is 33.8. The molecule has 1 aliphatic rings. The average Bonchev–Trinajstić information content (AvgIpc) is 3.47. The van der Waals surface area contributed by atoms with Crippen LogP contribution < -0.4 is 20.7 Å². The molecule has 0 saturated carbocycles. The number of methoxy groups -OCH3 is 1. The van der Waals surface area contributed by atoms with Gasteiger partial charge in [-0.05, 0) is 62.7 Å². The van der Waals surface area contributed by atoms with E-state index < -0.39 is 18.2 Å². The number of rotatable bonds is 11. The van der Waals surface area contributed by atoms with E-state index in [4.69, 9.17) is 14.6 Å². The number of aromatic nitrogens is 2. The lowest BCUT2D eigenvalue weighted by atomic mass is 10.0. The molecule has 4 rings (SSSR count). The largest absolute Gasteiger partial charge is 0.497 e. The number of carbonyl (C=O) groups excluding carboxylic acids is 1. The summed E-state index contributed by atoms with van der Waals surface area (Å²) in [6.07, 6.45) is -2.02. The summed E-state index contributed by atoms with van der Waals surface area (Å²) in [5, 5.41) is 16.8. The number of nitrogens with zero attached hydrogens (tertiary/aromatic N) is 3. The molecule has 0 unspecified atom stereocenters. The summed E-state index contributed by atoms with van der Waals surface area (Å²) in [7, 11) is 1.62. The standard InChI is InChI=1S/C27H34N6O2.C2HF3O2/c1-20-18-25(32-27(29-20)28-14-17-33-15-6-7-16-33)31-24(19-21-8-4-3-5-9-21)26(34)30-22-10-12-23(35-2)13-11-22;3-2(4,5)1(6)7/h3-5,8-13,18,24H,6-7,14-17,19H2,1-2H3,(H,30,34)(H2,28,29,31,32);(H,6,7)/t24-;/m0./s1. The van der Waals surface area contributed by atoms with Crippen LogP contribution in [-0.2, 0) is 16.0 Å². The maximum Gasteiger partial charge on any atom is 0.490 e. The molecule has 0 spiro atoms. The molecule has 1 amide bonds. The van der Waals surface area contributed by atoms with Gasteiger partial charge in [0.25, 0.3) is 0 Å². The summed E-state index contributed by atoms with van der Waals surface area (Å²) in [6.45, 7) is 6.01. The third-order valence-electron chi connectivity index (χ3n) is 6.29. The fourth-order valence-electron chi connectivity index (χ4n) is 4.19. The van der Waals surface area contributed by atoms with Gasteiger partial charge in [0.2, 0.25) is 11.9 Å². The van der Waals surface area contributed by atoms with Gasteiger partial charge in [0.1, 0.15) is 17.6 Å². The Hall–Kier alpha value is -4.39. The first-order valence-electron chi connectivity index (χ1n) is 13.4. The van der Waals surface area contributed by atoms with Crippen LogP contribution in [0.3, 0.4) is 0 Å². The fraction of sp³-hybridized carbons (Fsp3) is 0.379. The molecule has 1 atom stereocenters. The van der Waals surface area contributed by atoms with Crippen LogP contribution in [0.1, 0.15) is 24.1 Å². The van der Waals surface area contributed by atoms with E-state index in [9.17, 15) is 18.0 Å². The molecule has 0 aliphatic carbocycles. The van der Waals surface area contributed by atoms with Crippen molar-refractivity contribution in [3.8, 4) is 5.75 Å². The molecule has 1 fully saturated rings. The first kappa shape index (κ1) is 32.1. The number of nitrogens with one attached hydrogen (secondary N) is 3. The highest BCUT2D eigenvalue weighted by Gasteiger charge is 2.38. The molecule has 42 heavy (non-hydrogen) atoms. The number of aryl methyl sites for hydroxylation is 1. The lowest BCUT2D eigenvalue weighted by Gasteiger charge is -2.20. The Kier molecular flexibility index (Phi) is 11.9. The molecular formula is C29H35F3N6O4. The third kappa shape index (κ3) is 10.9. The van der Waals surface area contributed by atoms with E-state index in [1.54, 1.807) is 7.11 Å². The zero-order valence-corrected chi connectivity index (χ0v) is 23.4. The predicted octanol–water partition coefficient (Wildman–Crippen LogP) is 4.60. The molecule has 3 aromatic rings. The van der Waals surface area contributed by atoms with E-state index in [1.165, 1.54) is 12.8 Å². The van der Waals surface area contributed by atoms with E-state index in [1.807, 2.05) is 67.6 Å². The number of carboxylic acid groups (broad SMARTS) is 1. The number of carbonyl (C=O) groups is 2. The van der Waals surface area contributed by atoms with Crippen LogP contribution in [0.25, 0.3) is 0 Å². The minimum atomic E-state index is -5.08. The topological polar surface area (TPSA) is 129 Å². The monoisotopic (exact) mass is 588 g/mol. The Bertz CT molecular complexity index is 1290. The number of hydrogen-bond donors (Lipinski definition) is 4. The van der Waals surface area contributed by atoms with Crippen LogP contribution in [0.4, 0.5) is 30.6 Å². The first-order valence-corrected chi connectivity index (χ1v) is 13.4. The molecule has 10 nitrogen and oxygen atoms in total. The molecule has 1 saturated heterocycles. The highest BCUT2D eigenvalue weighted by Crippen LogP contribution is 2.18. The van der Waals surface area contributed by atoms with Crippen molar-refractivity contribution in [1.82, 2.24) is 14.9 Å².